The minimum absolute atomic E-state index is 1.11. The van der Waals surface area contributed by atoms with Gasteiger partial charge in [-0.25, -0.2) is 0 Å². The molecule has 0 saturated carbocycles. The second-order valence-corrected chi connectivity index (χ2v) is 3.13. The van der Waals surface area contributed by atoms with E-state index in [1.165, 1.54) is 12.0 Å². The Labute approximate surface area is 85.5 Å². The molecule has 0 aliphatic heterocycles. The summed E-state index contributed by atoms with van der Waals surface area (Å²) in [7, 11) is 0. The van der Waals surface area contributed by atoms with E-state index < -0.39 is 0 Å². The van der Waals surface area contributed by atoms with Gasteiger partial charge in [0.25, 0.3) is 0 Å². The van der Waals surface area contributed by atoms with Crippen LogP contribution in [0, 0.1) is 0 Å². The van der Waals surface area contributed by atoms with Gasteiger partial charge in [-0.05, 0) is 31.0 Å². The number of hydrogen-bond acceptors (Lipinski definition) is 1. The third kappa shape index (κ3) is 3.85. The number of allylic oxidation sites excluding steroid dienone is 4. The lowest BCUT2D eigenvalue weighted by Gasteiger charge is -1.84. The Kier molecular flexibility index (Phi) is 4.42. The molecule has 2 rings (SSSR count). The summed E-state index contributed by atoms with van der Waals surface area (Å²) < 4.78 is 0. The molecule has 1 heterocycles. The molecule has 14 heavy (non-hydrogen) atoms. The van der Waals surface area contributed by atoms with Gasteiger partial charge < -0.3 is 0 Å². The molecule has 1 aliphatic rings. The molecule has 1 aliphatic carbocycles. The Morgan fingerprint density at radius 1 is 1.36 bits per heavy atom. The average Bonchev–Trinajstić information content (AvgIpc) is 2.71. The monoisotopic (exact) mass is 185 g/mol. The van der Waals surface area contributed by atoms with Crippen LogP contribution < -0.4 is 0 Å². The van der Waals surface area contributed by atoms with Crippen molar-refractivity contribution in [1.29, 1.82) is 0 Å². The number of aromatic nitrogens is 1. The van der Waals surface area contributed by atoms with Crippen LogP contribution >= 0.6 is 0 Å². The standard InChI is InChI=1S/C7H7N.C6H8/c1-2-7-3-5-8-6-4-7;1-6-4-2-3-5-6/h2-6H,1H2;2-4H,5H2,1H3. The van der Waals surface area contributed by atoms with Crippen LogP contribution in [0.3, 0.4) is 0 Å². The highest BCUT2D eigenvalue weighted by atomic mass is 14.6. The van der Waals surface area contributed by atoms with Crippen LogP contribution in [0.15, 0.2) is 54.9 Å². The van der Waals surface area contributed by atoms with Crippen molar-refractivity contribution in [3.05, 3.63) is 60.5 Å². The Morgan fingerprint density at radius 2 is 2.07 bits per heavy atom. The third-order valence-corrected chi connectivity index (χ3v) is 1.90. The molecular formula is C13H15N. The summed E-state index contributed by atoms with van der Waals surface area (Å²) in [6.07, 6.45) is 12.8. The molecule has 0 N–H and O–H groups in total. The van der Waals surface area contributed by atoms with Crippen LogP contribution in [0.4, 0.5) is 0 Å². The molecule has 1 heteroatoms. The fourth-order valence-electron chi connectivity index (χ4n) is 1.05. The van der Waals surface area contributed by atoms with Crippen LogP contribution in [0.2, 0.25) is 0 Å². The largest absolute Gasteiger partial charge is 0.265 e. The summed E-state index contributed by atoms with van der Waals surface area (Å²) >= 11 is 0. The summed E-state index contributed by atoms with van der Waals surface area (Å²) in [5.41, 5.74) is 2.58. The number of pyridine rings is 1. The predicted octanol–water partition coefficient (Wildman–Crippen LogP) is 3.62. The minimum Gasteiger partial charge on any atom is -0.265 e. The lowest BCUT2D eigenvalue weighted by Crippen LogP contribution is -1.69. The first-order chi connectivity index (χ1) is 6.83. The van der Waals surface area contributed by atoms with Gasteiger partial charge in [0.05, 0.1) is 0 Å². The van der Waals surface area contributed by atoms with Crippen molar-refractivity contribution >= 4 is 6.08 Å². The maximum atomic E-state index is 3.85. The number of rotatable bonds is 1. The van der Waals surface area contributed by atoms with Crippen molar-refractivity contribution in [3.8, 4) is 0 Å². The second-order valence-electron chi connectivity index (χ2n) is 3.13. The molecular weight excluding hydrogens is 170 g/mol. The maximum Gasteiger partial charge on any atom is 0.0273 e. The Balaban J connectivity index is 0.000000146. The highest BCUT2D eigenvalue weighted by molar-refractivity contribution is 5.44. The van der Waals surface area contributed by atoms with Crippen molar-refractivity contribution < 1.29 is 0 Å². The Bertz CT molecular complexity index is 334. The molecule has 0 bridgehead atoms. The average molecular weight is 185 g/mol. The molecule has 0 saturated heterocycles. The van der Waals surface area contributed by atoms with Crippen LogP contribution in [-0.4, -0.2) is 4.98 Å². The first-order valence-electron chi connectivity index (χ1n) is 4.67. The van der Waals surface area contributed by atoms with Crippen molar-refractivity contribution in [2.24, 2.45) is 0 Å². The fraction of sp³-hybridized carbons (Fsp3) is 0.154. The third-order valence-electron chi connectivity index (χ3n) is 1.90. The molecule has 72 valence electrons. The van der Waals surface area contributed by atoms with Crippen LogP contribution in [0.25, 0.3) is 6.08 Å². The summed E-state index contributed by atoms with van der Waals surface area (Å²) in [5.74, 6) is 0. The number of hydrogen-bond donors (Lipinski definition) is 0. The van der Waals surface area contributed by atoms with Gasteiger partial charge in [-0.2, -0.15) is 0 Å². The van der Waals surface area contributed by atoms with Crippen LogP contribution in [0.1, 0.15) is 18.9 Å². The van der Waals surface area contributed by atoms with E-state index in [1.807, 2.05) is 12.1 Å². The van der Waals surface area contributed by atoms with E-state index in [-0.39, 0.29) is 0 Å². The van der Waals surface area contributed by atoms with Crippen molar-refractivity contribution in [2.75, 3.05) is 0 Å². The van der Waals surface area contributed by atoms with E-state index in [1.54, 1.807) is 18.5 Å². The SMILES string of the molecule is C=Cc1ccncc1.CC1=CC=CC1. The zero-order valence-electron chi connectivity index (χ0n) is 8.48. The smallest absolute Gasteiger partial charge is 0.0273 e. The van der Waals surface area contributed by atoms with Crippen molar-refractivity contribution in [3.63, 3.8) is 0 Å². The van der Waals surface area contributed by atoms with E-state index in [0.717, 1.165) is 5.56 Å². The molecule has 1 aromatic rings. The highest BCUT2D eigenvalue weighted by Gasteiger charge is 1.86. The molecule has 0 spiro atoms. The fourth-order valence-corrected chi connectivity index (χ4v) is 1.05. The maximum absolute atomic E-state index is 3.85. The van der Waals surface area contributed by atoms with Crippen LogP contribution in [0.5, 0.6) is 0 Å². The van der Waals surface area contributed by atoms with Crippen LogP contribution in [-0.2, 0) is 0 Å². The van der Waals surface area contributed by atoms with E-state index in [4.69, 9.17) is 0 Å². The van der Waals surface area contributed by atoms with Crippen molar-refractivity contribution in [1.82, 2.24) is 4.98 Å². The lowest BCUT2D eigenvalue weighted by molar-refractivity contribution is 1.25. The molecule has 0 atom stereocenters. The number of nitrogens with zero attached hydrogens (tertiary/aromatic N) is 1. The first-order valence-corrected chi connectivity index (χ1v) is 4.67. The summed E-state index contributed by atoms with van der Waals surface area (Å²) in [6, 6.07) is 3.82. The van der Waals surface area contributed by atoms with Gasteiger partial charge in [0.15, 0.2) is 0 Å². The zero-order chi connectivity index (χ0) is 10.2. The lowest BCUT2D eigenvalue weighted by atomic mass is 10.3. The minimum atomic E-state index is 1.11. The topological polar surface area (TPSA) is 12.9 Å². The van der Waals surface area contributed by atoms with E-state index >= 15 is 0 Å². The van der Waals surface area contributed by atoms with Gasteiger partial charge in [0.2, 0.25) is 0 Å². The van der Waals surface area contributed by atoms with Gasteiger partial charge in [0.1, 0.15) is 0 Å². The summed E-state index contributed by atoms with van der Waals surface area (Å²) in [5, 5.41) is 0. The highest BCUT2D eigenvalue weighted by Crippen LogP contribution is 2.06. The zero-order valence-corrected chi connectivity index (χ0v) is 8.48. The molecule has 0 unspecified atom stereocenters. The van der Waals surface area contributed by atoms with Gasteiger partial charge in [-0.15, -0.1) is 0 Å². The Morgan fingerprint density at radius 3 is 2.36 bits per heavy atom. The second kappa shape index (κ2) is 5.92. The Hall–Kier alpha value is -1.63. The normalized spacial score (nSPS) is 12.8. The van der Waals surface area contributed by atoms with Gasteiger partial charge in [0, 0.05) is 12.4 Å². The van der Waals surface area contributed by atoms with E-state index in [0.29, 0.717) is 0 Å². The first kappa shape index (κ1) is 10.5. The molecule has 0 aromatic carbocycles. The quantitative estimate of drug-likeness (QED) is 0.651. The van der Waals surface area contributed by atoms with Crippen molar-refractivity contribution in [2.45, 2.75) is 13.3 Å². The summed E-state index contributed by atoms with van der Waals surface area (Å²) in [6.45, 7) is 5.74. The van der Waals surface area contributed by atoms with Gasteiger partial charge >= 0.3 is 0 Å². The van der Waals surface area contributed by atoms with Gasteiger partial charge in [-0.3, -0.25) is 4.98 Å². The van der Waals surface area contributed by atoms with E-state index in [9.17, 15) is 0 Å². The molecule has 0 fully saturated rings. The molecule has 1 nitrogen and oxygen atoms in total. The molecule has 0 amide bonds. The predicted molar refractivity (Wildman–Crippen MR) is 61.8 cm³/mol. The molecule has 1 aromatic heterocycles. The van der Waals surface area contributed by atoms with E-state index in [2.05, 4.69) is 36.7 Å². The van der Waals surface area contributed by atoms with Gasteiger partial charge in [-0.1, -0.05) is 36.5 Å². The summed E-state index contributed by atoms with van der Waals surface area (Å²) in [4.78, 5) is 3.85. The molecule has 0 radical (unpaired) electrons.